The molecule has 0 fully saturated rings. The van der Waals surface area contributed by atoms with Crippen LogP contribution in [-0.4, -0.2) is 16.3 Å². The van der Waals surface area contributed by atoms with Crippen LogP contribution in [0.5, 0.6) is 0 Å². The number of hydrazine groups is 1. The van der Waals surface area contributed by atoms with Crippen molar-refractivity contribution >= 4 is 16.5 Å². The van der Waals surface area contributed by atoms with Crippen LogP contribution in [0.1, 0.15) is 19.3 Å². The molecule has 0 amide bonds. The number of nitrogen functional groups attached to an aromatic ring is 1. The third-order valence-electron chi connectivity index (χ3n) is 3.20. The molecule has 0 radical (unpaired) electrons. The van der Waals surface area contributed by atoms with Gasteiger partial charge in [0, 0.05) is 18.8 Å². The highest BCUT2D eigenvalue weighted by Crippen LogP contribution is 2.09. The van der Waals surface area contributed by atoms with E-state index in [9.17, 15) is 9.59 Å². The number of fused-ring (bicyclic) bond motifs is 1. The summed E-state index contributed by atoms with van der Waals surface area (Å²) in [5.41, 5.74) is 8.18. The van der Waals surface area contributed by atoms with Gasteiger partial charge in [0.25, 0.3) is 11.1 Å². The Morgan fingerprint density at radius 2 is 1.95 bits per heavy atom. The van der Waals surface area contributed by atoms with E-state index in [4.69, 9.17) is 11.6 Å². The number of nitrogens with zero attached hydrogens (tertiary/aromatic N) is 1. The molecule has 0 spiro atoms. The second-order valence-corrected chi connectivity index (χ2v) is 4.72. The van der Waals surface area contributed by atoms with E-state index in [0.29, 0.717) is 23.0 Å². The fourth-order valence-corrected chi connectivity index (χ4v) is 2.15. The maximum atomic E-state index is 12.2. The molecule has 2 aromatic rings. The van der Waals surface area contributed by atoms with Gasteiger partial charge in [0.2, 0.25) is 0 Å². The fraction of sp³-hybridized carbons (Fsp3) is 0.385. The minimum absolute atomic E-state index is 0.198. The number of aromatic amines is 1. The summed E-state index contributed by atoms with van der Waals surface area (Å²) in [7, 11) is 0. The third-order valence-corrected chi connectivity index (χ3v) is 3.20. The summed E-state index contributed by atoms with van der Waals surface area (Å²) < 4.78 is 1.36. The van der Waals surface area contributed by atoms with Gasteiger partial charge in [-0.3, -0.25) is 26.0 Å². The van der Waals surface area contributed by atoms with Gasteiger partial charge in [-0.2, -0.15) is 0 Å². The summed E-state index contributed by atoms with van der Waals surface area (Å²) in [4.78, 5) is 24.2. The Bertz CT molecular complexity index is 704. The van der Waals surface area contributed by atoms with Gasteiger partial charge in [-0.25, -0.2) is 4.68 Å². The summed E-state index contributed by atoms with van der Waals surface area (Å²) in [5, 5.41) is 3.32. The molecule has 6 N–H and O–H groups in total. The molecule has 2 rings (SSSR count). The Balaban J connectivity index is 2.23. The maximum Gasteiger partial charge on any atom is 0.273 e. The summed E-state index contributed by atoms with van der Waals surface area (Å²) in [6, 6.07) is 4.74. The van der Waals surface area contributed by atoms with Crippen LogP contribution in [0.3, 0.4) is 0 Å². The first-order chi connectivity index (χ1) is 9.63. The van der Waals surface area contributed by atoms with Crippen molar-refractivity contribution in [2.75, 3.05) is 12.3 Å². The normalized spacial score (nSPS) is 11.1. The molecule has 0 atom stereocenters. The van der Waals surface area contributed by atoms with Gasteiger partial charge in [0.1, 0.15) is 0 Å². The number of benzene rings is 1. The van der Waals surface area contributed by atoms with Gasteiger partial charge in [-0.05, 0) is 31.0 Å². The van der Waals surface area contributed by atoms with Gasteiger partial charge in [-0.15, -0.1) is 0 Å². The van der Waals surface area contributed by atoms with Crippen LogP contribution in [0, 0.1) is 0 Å². The lowest BCUT2D eigenvalue weighted by Gasteiger charge is -2.07. The molecular weight excluding hydrogens is 258 g/mol. The van der Waals surface area contributed by atoms with E-state index in [1.807, 2.05) is 0 Å². The largest absolute Gasteiger partial charge is 0.399 e. The van der Waals surface area contributed by atoms with Crippen molar-refractivity contribution in [3.63, 3.8) is 0 Å². The lowest BCUT2D eigenvalue weighted by molar-refractivity contribution is 0.513. The Morgan fingerprint density at radius 3 is 2.70 bits per heavy atom. The molecule has 108 valence electrons. The van der Waals surface area contributed by atoms with Crippen molar-refractivity contribution in [3.8, 4) is 0 Å². The number of nitrogens with two attached hydrogens (primary N) is 2. The molecule has 0 saturated carbocycles. The molecule has 7 heteroatoms. The average Bonchev–Trinajstić information content (AvgIpc) is 2.43. The predicted octanol–water partition coefficient (Wildman–Crippen LogP) is -0.0944. The zero-order chi connectivity index (χ0) is 14.5. The minimum atomic E-state index is -0.296. The number of hydrogen-bond acceptors (Lipinski definition) is 5. The Labute approximate surface area is 115 Å². The number of aromatic nitrogens is 2. The van der Waals surface area contributed by atoms with Crippen LogP contribution in [0.15, 0.2) is 27.8 Å². The van der Waals surface area contributed by atoms with E-state index in [2.05, 4.69) is 10.5 Å². The Kier molecular flexibility index (Phi) is 4.54. The van der Waals surface area contributed by atoms with E-state index in [1.54, 1.807) is 12.1 Å². The van der Waals surface area contributed by atoms with E-state index >= 15 is 0 Å². The maximum absolute atomic E-state index is 12.2. The molecule has 20 heavy (non-hydrogen) atoms. The number of rotatable bonds is 6. The van der Waals surface area contributed by atoms with Gasteiger partial charge in [0.15, 0.2) is 0 Å². The molecule has 1 heterocycles. The topological polar surface area (TPSA) is 119 Å². The summed E-state index contributed by atoms with van der Waals surface area (Å²) >= 11 is 0. The predicted molar refractivity (Wildman–Crippen MR) is 79.3 cm³/mol. The first kappa shape index (κ1) is 14.3. The van der Waals surface area contributed by atoms with E-state index < -0.39 is 0 Å². The fourth-order valence-electron chi connectivity index (χ4n) is 2.15. The van der Waals surface area contributed by atoms with Crippen molar-refractivity contribution in [3.05, 3.63) is 38.9 Å². The van der Waals surface area contributed by atoms with Crippen molar-refractivity contribution in [2.45, 2.75) is 25.8 Å². The lowest BCUT2D eigenvalue weighted by atomic mass is 10.2. The van der Waals surface area contributed by atoms with E-state index in [-0.39, 0.29) is 11.1 Å². The zero-order valence-corrected chi connectivity index (χ0v) is 11.2. The number of H-pyrrole nitrogens is 1. The molecule has 1 aromatic carbocycles. The summed E-state index contributed by atoms with van der Waals surface area (Å²) in [6.45, 7) is 1.22. The molecule has 7 nitrogen and oxygen atoms in total. The number of anilines is 1. The van der Waals surface area contributed by atoms with E-state index in [1.165, 1.54) is 10.7 Å². The van der Waals surface area contributed by atoms with Gasteiger partial charge < -0.3 is 5.73 Å². The minimum Gasteiger partial charge on any atom is -0.399 e. The van der Waals surface area contributed by atoms with Crippen LogP contribution in [-0.2, 0) is 6.54 Å². The zero-order valence-electron chi connectivity index (χ0n) is 11.2. The first-order valence-corrected chi connectivity index (χ1v) is 6.59. The first-order valence-electron chi connectivity index (χ1n) is 6.59. The van der Waals surface area contributed by atoms with Gasteiger partial charge >= 0.3 is 0 Å². The highest BCUT2D eigenvalue weighted by atomic mass is 16.2. The smallest absolute Gasteiger partial charge is 0.273 e. The summed E-state index contributed by atoms with van der Waals surface area (Å²) in [5.74, 6) is 5.18. The summed E-state index contributed by atoms with van der Waals surface area (Å²) in [6.07, 6.45) is 2.66. The second-order valence-electron chi connectivity index (χ2n) is 4.72. The second kappa shape index (κ2) is 6.36. The Morgan fingerprint density at radius 1 is 1.15 bits per heavy atom. The number of hydrogen-bond donors (Lipinski definition) is 4. The van der Waals surface area contributed by atoms with Crippen molar-refractivity contribution in [2.24, 2.45) is 5.84 Å². The standard InChI is InChI=1S/C13H19N5O2/c14-9-4-5-10-11(8-9)12(19)17-18(13(10)20)7-3-1-2-6-16-15/h4-5,8,16H,1-3,6-7,14-15H2,(H,17,19). The number of unbranched alkanes of at least 4 members (excludes halogenated alkanes) is 2. The average molecular weight is 277 g/mol. The highest BCUT2D eigenvalue weighted by molar-refractivity contribution is 5.83. The molecule has 0 aliphatic heterocycles. The highest BCUT2D eigenvalue weighted by Gasteiger charge is 2.07. The van der Waals surface area contributed by atoms with Crippen LogP contribution in [0.4, 0.5) is 5.69 Å². The third kappa shape index (κ3) is 3.06. The lowest BCUT2D eigenvalue weighted by Crippen LogP contribution is -2.30. The van der Waals surface area contributed by atoms with Crippen LogP contribution < -0.4 is 28.1 Å². The Hall–Kier alpha value is -2.12. The number of nitrogens with one attached hydrogen (secondary N) is 2. The van der Waals surface area contributed by atoms with Gasteiger partial charge in [0.05, 0.1) is 10.8 Å². The SMILES string of the molecule is NNCCCCCn1[nH]c(=O)c2cc(N)ccc2c1=O. The molecule has 0 aliphatic carbocycles. The quantitative estimate of drug-likeness (QED) is 0.254. The number of aryl methyl sites for hydroxylation is 1. The molecular formula is C13H19N5O2. The van der Waals surface area contributed by atoms with E-state index in [0.717, 1.165) is 25.8 Å². The van der Waals surface area contributed by atoms with Crippen LogP contribution in [0.2, 0.25) is 0 Å². The van der Waals surface area contributed by atoms with Crippen molar-refractivity contribution in [1.29, 1.82) is 0 Å². The van der Waals surface area contributed by atoms with Crippen LogP contribution >= 0.6 is 0 Å². The monoisotopic (exact) mass is 277 g/mol. The molecule has 0 aliphatic rings. The molecule has 0 saturated heterocycles. The van der Waals surface area contributed by atoms with Crippen molar-refractivity contribution in [1.82, 2.24) is 15.2 Å². The van der Waals surface area contributed by atoms with Gasteiger partial charge in [-0.1, -0.05) is 6.42 Å². The van der Waals surface area contributed by atoms with Crippen LogP contribution in [0.25, 0.3) is 10.8 Å². The molecule has 1 aromatic heterocycles. The molecule has 0 bridgehead atoms. The van der Waals surface area contributed by atoms with Crippen molar-refractivity contribution < 1.29 is 0 Å². The molecule has 0 unspecified atom stereocenters.